The summed E-state index contributed by atoms with van der Waals surface area (Å²) in [6, 6.07) is 21.8. The Labute approximate surface area is 167 Å². The molecule has 1 fully saturated rings. The maximum absolute atomic E-state index is 5.37. The third kappa shape index (κ3) is 4.57. The van der Waals surface area contributed by atoms with E-state index in [9.17, 15) is 0 Å². The standard InChI is InChI=1S/C24H28N2O2/c1-27-23-12-8-19(9-13-23)16-26(21-10-11-21)18-22-6-4-14-25(22)17-20-5-3-7-24(15-20)28-2/h3-9,12-15,21H,10-11,16-18H2,1-2H3. The Morgan fingerprint density at radius 1 is 0.857 bits per heavy atom. The maximum Gasteiger partial charge on any atom is 0.119 e. The van der Waals surface area contributed by atoms with Gasteiger partial charge in [0.25, 0.3) is 0 Å². The van der Waals surface area contributed by atoms with Gasteiger partial charge in [0.1, 0.15) is 11.5 Å². The van der Waals surface area contributed by atoms with Crippen LogP contribution >= 0.6 is 0 Å². The molecule has 1 aliphatic carbocycles. The van der Waals surface area contributed by atoms with Crippen molar-refractivity contribution in [2.45, 2.75) is 38.5 Å². The van der Waals surface area contributed by atoms with Crippen LogP contribution in [0, 0.1) is 0 Å². The molecule has 0 spiro atoms. The summed E-state index contributed by atoms with van der Waals surface area (Å²) in [6.45, 7) is 2.80. The van der Waals surface area contributed by atoms with Crippen molar-refractivity contribution < 1.29 is 9.47 Å². The molecule has 0 radical (unpaired) electrons. The van der Waals surface area contributed by atoms with Gasteiger partial charge in [0, 0.05) is 37.6 Å². The molecular formula is C24H28N2O2. The zero-order chi connectivity index (χ0) is 19.3. The van der Waals surface area contributed by atoms with Crippen LogP contribution in [0.25, 0.3) is 0 Å². The van der Waals surface area contributed by atoms with E-state index < -0.39 is 0 Å². The molecule has 4 rings (SSSR count). The van der Waals surface area contributed by atoms with Crippen molar-refractivity contribution in [1.82, 2.24) is 9.47 Å². The minimum Gasteiger partial charge on any atom is -0.497 e. The number of ether oxygens (including phenoxy) is 2. The number of benzene rings is 2. The summed E-state index contributed by atoms with van der Waals surface area (Å²) in [7, 11) is 3.43. The lowest BCUT2D eigenvalue weighted by Gasteiger charge is -2.23. The second-order valence-corrected chi connectivity index (χ2v) is 7.46. The predicted octanol–water partition coefficient (Wildman–Crippen LogP) is 4.72. The van der Waals surface area contributed by atoms with Crippen LogP contribution in [0.1, 0.15) is 29.7 Å². The fraction of sp³-hybridized carbons (Fsp3) is 0.333. The van der Waals surface area contributed by atoms with Gasteiger partial charge in [-0.3, -0.25) is 4.90 Å². The highest BCUT2D eigenvalue weighted by atomic mass is 16.5. The Morgan fingerprint density at radius 3 is 2.36 bits per heavy atom. The monoisotopic (exact) mass is 376 g/mol. The second-order valence-electron chi connectivity index (χ2n) is 7.46. The normalized spacial score (nSPS) is 13.7. The van der Waals surface area contributed by atoms with Crippen molar-refractivity contribution in [2.24, 2.45) is 0 Å². The lowest BCUT2D eigenvalue weighted by atomic mass is 10.2. The molecule has 1 saturated carbocycles. The molecule has 146 valence electrons. The fourth-order valence-corrected chi connectivity index (χ4v) is 3.64. The van der Waals surface area contributed by atoms with E-state index in [1.54, 1.807) is 14.2 Å². The summed E-state index contributed by atoms with van der Waals surface area (Å²) in [5, 5.41) is 0. The molecule has 4 heteroatoms. The lowest BCUT2D eigenvalue weighted by molar-refractivity contribution is 0.239. The molecule has 1 aromatic heterocycles. The topological polar surface area (TPSA) is 26.6 Å². The number of aromatic nitrogens is 1. The number of methoxy groups -OCH3 is 2. The van der Waals surface area contributed by atoms with Gasteiger partial charge in [-0.05, 0) is 60.4 Å². The van der Waals surface area contributed by atoms with Crippen molar-refractivity contribution in [3.8, 4) is 11.5 Å². The molecule has 4 nitrogen and oxygen atoms in total. The van der Waals surface area contributed by atoms with Gasteiger partial charge in [0.15, 0.2) is 0 Å². The summed E-state index contributed by atoms with van der Waals surface area (Å²) in [5.41, 5.74) is 3.94. The number of nitrogens with zero attached hydrogens (tertiary/aromatic N) is 2. The molecule has 0 aliphatic heterocycles. The molecule has 1 heterocycles. The minimum absolute atomic E-state index is 0.697. The second kappa shape index (κ2) is 8.53. The van der Waals surface area contributed by atoms with E-state index in [2.05, 4.69) is 58.1 Å². The van der Waals surface area contributed by atoms with Crippen LogP contribution in [0.15, 0.2) is 66.9 Å². The fourth-order valence-electron chi connectivity index (χ4n) is 3.64. The summed E-state index contributed by atoms with van der Waals surface area (Å²) in [6.07, 6.45) is 4.77. The van der Waals surface area contributed by atoms with Crippen molar-refractivity contribution in [2.75, 3.05) is 14.2 Å². The van der Waals surface area contributed by atoms with E-state index in [0.717, 1.165) is 31.1 Å². The first-order valence-corrected chi connectivity index (χ1v) is 9.89. The summed E-state index contributed by atoms with van der Waals surface area (Å²) >= 11 is 0. The Bertz CT molecular complexity index is 897. The van der Waals surface area contributed by atoms with Gasteiger partial charge in [-0.2, -0.15) is 0 Å². The van der Waals surface area contributed by atoms with Gasteiger partial charge in [-0.1, -0.05) is 24.3 Å². The third-order valence-electron chi connectivity index (χ3n) is 5.38. The molecule has 0 atom stereocenters. The smallest absolute Gasteiger partial charge is 0.119 e. The first-order chi connectivity index (χ1) is 13.7. The Balaban J connectivity index is 1.46. The quantitative estimate of drug-likeness (QED) is 0.541. The van der Waals surface area contributed by atoms with Crippen molar-refractivity contribution >= 4 is 0 Å². The Morgan fingerprint density at radius 2 is 1.64 bits per heavy atom. The molecule has 1 aliphatic rings. The molecule has 0 saturated heterocycles. The van der Waals surface area contributed by atoms with E-state index >= 15 is 0 Å². The van der Waals surface area contributed by atoms with Gasteiger partial charge in [-0.15, -0.1) is 0 Å². The largest absolute Gasteiger partial charge is 0.497 e. The molecule has 2 aromatic carbocycles. The highest BCUT2D eigenvalue weighted by Crippen LogP contribution is 2.30. The van der Waals surface area contributed by atoms with Gasteiger partial charge >= 0.3 is 0 Å². The van der Waals surface area contributed by atoms with Crippen LogP contribution in [0.2, 0.25) is 0 Å². The lowest BCUT2D eigenvalue weighted by Crippen LogP contribution is -2.26. The summed E-state index contributed by atoms with van der Waals surface area (Å²) < 4.78 is 13.0. The van der Waals surface area contributed by atoms with Crippen LogP contribution in [0.3, 0.4) is 0 Å². The van der Waals surface area contributed by atoms with E-state index in [1.807, 2.05) is 18.2 Å². The van der Waals surface area contributed by atoms with Gasteiger partial charge in [0.05, 0.1) is 14.2 Å². The average molecular weight is 377 g/mol. The Hall–Kier alpha value is -2.72. The van der Waals surface area contributed by atoms with E-state index in [-0.39, 0.29) is 0 Å². The van der Waals surface area contributed by atoms with Gasteiger partial charge in [0.2, 0.25) is 0 Å². The molecule has 0 N–H and O–H groups in total. The first-order valence-electron chi connectivity index (χ1n) is 9.89. The minimum atomic E-state index is 0.697. The van der Waals surface area contributed by atoms with Crippen molar-refractivity contribution in [3.05, 3.63) is 83.7 Å². The van der Waals surface area contributed by atoms with Crippen LogP contribution < -0.4 is 9.47 Å². The average Bonchev–Trinajstić information content (AvgIpc) is 3.50. The van der Waals surface area contributed by atoms with E-state index in [1.165, 1.54) is 29.7 Å². The number of hydrogen-bond acceptors (Lipinski definition) is 3. The zero-order valence-electron chi connectivity index (χ0n) is 16.7. The molecule has 0 bridgehead atoms. The summed E-state index contributed by atoms with van der Waals surface area (Å²) in [4.78, 5) is 2.60. The molecule has 0 amide bonds. The summed E-state index contributed by atoms with van der Waals surface area (Å²) in [5.74, 6) is 1.82. The predicted molar refractivity (Wildman–Crippen MR) is 112 cm³/mol. The van der Waals surface area contributed by atoms with E-state index in [4.69, 9.17) is 9.47 Å². The first kappa shape index (κ1) is 18.6. The van der Waals surface area contributed by atoms with Crippen molar-refractivity contribution in [1.29, 1.82) is 0 Å². The molecule has 3 aromatic rings. The third-order valence-corrected chi connectivity index (χ3v) is 5.38. The Kier molecular flexibility index (Phi) is 5.68. The number of hydrogen-bond donors (Lipinski definition) is 0. The zero-order valence-corrected chi connectivity index (χ0v) is 16.7. The SMILES string of the molecule is COc1ccc(CN(Cc2cccn2Cc2cccc(OC)c2)C2CC2)cc1. The van der Waals surface area contributed by atoms with E-state index in [0.29, 0.717) is 6.04 Å². The van der Waals surface area contributed by atoms with Crippen molar-refractivity contribution in [3.63, 3.8) is 0 Å². The van der Waals surface area contributed by atoms with Crippen LogP contribution in [0.4, 0.5) is 0 Å². The molecular weight excluding hydrogens is 348 g/mol. The van der Waals surface area contributed by atoms with Crippen LogP contribution in [-0.2, 0) is 19.6 Å². The highest BCUT2D eigenvalue weighted by Gasteiger charge is 2.29. The van der Waals surface area contributed by atoms with Gasteiger partial charge < -0.3 is 14.0 Å². The molecule has 28 heavy (non-hydrogen) atoms. The van der Waals surface area contributed by atoms with Crippen LogP contribution in [-0.4, -0.2) is 29.7 Å². The molecule has 0 unspecified atom stereocenters. The van der Waals surface area contributed by atoms with Gasteiger partial charge in [-0.25, -0.2) is 0 Å². The van der Waals surface area contributed by atoms with Crippen LogP contribution in [0.5, 0.6) is 11.5 Å². The maximum atomic E-state index is 5.37. The highest BCUT2D eigenvalue weighted by molar-refractivity contribution is 5.29. The number of rotatable bonds is 9.